The predicted molar refractivity (Wildman–Crippen MR) is 149 cm³/mol. The van der Waals surface area contributed by atoms with E-state index in [1.807, 2.05) is 36.4 Å². The van der Waals surface area contributed by atoms with Gasteiger partial charge < -0.3 is 0 Å². The lowest BCUT2D eigenvalue weighted by Crippen LogP contribution is -2.14. The van der Waals surface area contributed by atoms with Crippen LogP contribution >= 0.6 is 0 Å². The van der Waals surface area contributed by atoms with Gasteiger partial charge in [-0.2, -0.15) is 0 Å². The molecule has 36 heavy (non-hydrogen) atoms. The van der Waals surface area contributed by atoms with Crippen LogP contribution in [-0.4, -0.2) is 13.8 Å². The van der Waals surface area contributed by atoms with Crippen LogP contribution in [0.3, 0.4) is 0 Å². The van der Waals surface area contributed by atoms with Crippen molar-refractivity contribution in [2.45, 2.75) is 0 Å². The summed E-state index contributed by atoms with van der Waals surface area (Å²) in [6.45, 7) is 0. The summed E-state index contributed by atoms with van der Waals surface area (Å²) in [5.74, 6) is 0.616. The Balaban J connectivity index is 1.88. The Labute approximate surface area is 204 Å². The molecule has 0 aliphatic carbocycles. The molecule has 168 valence electrons. The third kappa shape index (κ3) is 2.42. The summed E-state index contributed by atoms with van der Waals surface area (Å²) in [5.41, 5.74) is 3.47. The number of nitrogens with zero attached hydrogens (tertiary/aromatic N) is 3. The molecular weight excluding hydrogens is 442 g/mol. The summed E-state index contributed by atoms with van der Waals surface area (Å²) in [6, 6.07) is 39.3. The highest BCUT2D eigenvalue weighted by molar-refractivity contribution is 6.21. The van der Waals surface area contributed by atoms with Crippen molar-refractivity contribution in [3.8, 4) is 0 Å². The molecule has 0 fully saturated rings. The van der Waals surface area contributed by atoms with Crippen molar-refractivity contribution in [2.75, 3.05) is 0 Å². The minimum Gasteiger partial charge on any atom is -0.277 e. The maximum atomic E-state index is 13.9. The van der Waals surface area contributed by atoms with Crippen molar-refractivity contribution in [2.24, 2.45) is 0 Å². The fourth-order valence-corrected chi connectivity index (χ4v) is 5.78. The fourth-order valence-electron chi connectivity index (χ4n) is 5.78. The molecule has 3 aromatic heterocycles. The Hall–Kier alpha value is -4.96. The van der Waals surface area contributed by atoms with E-state index < -0.39 is 0 Å². The normalized spacial score (nSPS) is 12.0. The van der Waals surface area contributed by atoms with Crippen molar-refractivity contribution in [1.29, 1.82) is 0 Å². The Kier molecular flexibility index (Phi) is 3.78. The van der Waals surface area contributed by atoms with E-state index in [1.54, 1.807) is 4.40 Å². The molecule has 8 rings (SSSR count). The molecule has 0 amide bonds. The van der Waals surface area contributed by atoms with E-state index in [9.17, 15) is 4.79 Å². The van der Waals surface area contributed by atoms with E-state index in [0.717, 1.165) is 38.1 Å². The number of aromatic nitrogens is 3. The van der Waals surface area contributed by atoms with Gasteiger partial charge in [0.25, 0.3) is 5.56 Å². The van der Waals surface area contributed by atoms with E-state index in [0.29, 0.717) is 16.7 Å². The molecule has 0 radical (unpaired) electrons. The third-order valence-corrected chi connectivity index (χ3v) is 7.31. The smallest absolute Gasteiger partial charge is 0.267 e. The van der Waals surface area contributed by atoms with Crippen molar-refractivity contribution in [3.05, 3.63) is 126 Å². The van der Waals surface area contributed by atoms with Crippen molar-refractivity contribution < 1.29 is 0 Å². The number of rotatable bonds is 0. The zero-order valence-electron chi connectivity index (χ0n) is 19.2. The van der Waals surface area contributed by atoms with Gasteiger partial charge in [0, 0.05) is 10.8 Å². The molecule has 8 aromatic rings. The van der Waals surface area contributed by atoms with Crippen LogP contribution in [0.2, 0.25) is 0 Å². The van der Waals surface area contributed by atoms with Crippen molar-refractivity contribution >= 4 is 65.5 Å². The topological polar surface area (TPSA) is 38.8 Å². The predicted octanol–water partition coefficient (Wildman–Crippen LogP) is 7.28. The summed E-state index contributed by atoms with van der Waals surface area (Å²) in [7, 11) is 0. The number of benzene rings is 5. The molecule has 0 saturated carbocycles. The molecule has 0 bridgehead atoms. The Morgan fingerprint density at radius 1 is 0.444 bits per heavy atom. The molecule has 5 aromatic carbocycles. The zero-order chi connectivity index (χ0) is 23.8. The van der Waals surface area contributed by atoms with E-state index >= 15 is 0 Å². The van der Waals surface area contributed by atoms with Gasteiger partial charge in [0.2, 0.25) is 5.78 Å². The van der Waals surface area contributed by atoms with Gasteiger partial charge in [-0.1, -0.05) is 91.0 Å². The van der Waals surface area contributed by atoms with Crippen LogP contribution in [0.25, 0.3) is 65.5 Å². The van der Waals surface area contributed by atoms with Crippen molar-refractivity contribution in [3.63, 3.8) is 0 Å². The van der Waals surface area contributed by atoms with E-state index in [4.69, 9.17) is 4.98 Å². The van der Waals surface area contributed by atoms with E-state index in [-0.39, 0.29) is 5.56 Å². The van der Waals surface area contributed by atoms with Crippen LogP contribution < -0.4 is 5.56 Å². The van der Waals surface area contributed by atoms with Crippen LogP contribution in [-0.2, 0) is 0 Å². The standard InChI is InChI=1S/C32H19N3O/c36-31-26-15-5-7-17-27(26)33-32-34-28-18-8-6-14-24(28)22-12-3-1-10-20(22)21-11-2-4-13-23(21)25-16-9-19-29(30(25)34)35(31)32/h1-19H. The minimum absolute atomic E-state index is 0.0558. The number of hydrogen-bond acceptors (Lipinski definition) is 2. The van der Waals surface area contributed by atoms with Gasteiger partial charge in [0.15, 0.2) is 0 Å². The van der Waals surface area contributed by atoms with Crippen molar-refractivity contribution in [1.82, 2.24) is 13.8 Å². The second-order valence-corrected chi connectivity index (χ2v) is 9.19. The van der Waals surface area contributed by atoms with Gasteiger partial charge in [0.1, 0.15) is 0 Å². The molecular formula is C32H19N3O. The van der Waals surface area contributed by atoms with Gasteiger partial charge in [-0.3, -0.25) is 9.20 Å². The van der Waals surface area contributed by atoms with Gasteiger partial charge in [-0.25, -0.2) is 9.38 Å². The average molecular weight is 462 g/mol. The minimum atomic E-state index is -0.0558. The van der Waals surface area contributed by atoms with E-state index in [2.05, 4.69) is 83.3 Å². The Bertz CT molecular complexity index is 2290. The lowest BCUT2D eigenvalue weighted by molar-refractivity contribution is 1.10. The molecule has 0 unspecified atom stereocenters. The molecule has 3 heterocycles. The second-order valence-electron chi connectivity index (χ2n) is 9.19. The SMILES string of the molecule is O=c1c2ccccc2nc2n1c1cccc3c4ccccc4c4ccccc4c4ccccc4n2c31. The van der Waals surface area contributed by atoms with Gasteiger partial charge in [-0.15, -0.1) is 0 Å². The Morgan fingerprint density at radius 3 is 1.67 bits per heavy atom. The number of imidazole rings is 1. The highest BCUT2D eigenvalue weighted by Crippen LogP contribution is 2.35. The van der Waals surface area contributed by atoms with Gasteiger partial charge >= 0.3 is 0 Å². The van der Waals surface area contributed by atoms with Gasteiger partial charge in [0.05, 0.1) is 27.5 Å². The molecule has 0 saturated heterocycles. The summed E-state index contributed by atoms with van der Waals surface area (Å²) in [6.07, 6.45) is 0. The first-order valence-electron chi connectivity index (χ1n) is 12.0. The summed E-state index contributed by atoms with van der Waals surface area (Å²) in [4.78, 5) is 18.9. The van der Waals surface area contributed by atoms with Crippen LogP contribution in [0.15, 0.2) is 120 Å². The highest BCUT2D eigenvalue weighted by Gasteiger charge is 2.18. The number of hydrogen-bond donors (Lipinski definition) is 0. The average Bonchev–Trinajstić information content (AvgIpc) is 3.28. The van der Waals surface area contributed by atoms with Crippen LogP contribution in [0.1, 0.15) is 0 Å². The van der Waals surface area contributed by atoms with Gasteiger partial charge in [-0.05, 0) is 45.8 Å². The lowest BCUT2D eigenvalue weighted by Gasteiger charge is -2.04. The van der Waals surface area contributed by atoms with E-state index in [1.165, 1.54) is 10.8 Å². The maximum absolute atomic E-state index is 13.9. The maximum Gasteiger partial charge on any atom is 0.267 e. The third-order valence-electron chi connectivity index (χ3n) is 7.31. The van der Waals surface area contributed by atoms with Crippen LogP contribution in [0.4, 0.5) is 0 Å². The quantitative estimate of drug-likeness (QED) is 0.238. The van der Waals surface area contributed by atoms with Crippen LogP contribution in [0.5, 0.6) is 0 Å². The van der Waals surface area contributed by atoms with Crippen LogP contribution in [0, 0.1) is 0 Å². The monoisotopic (exact) mass is 461 g/mol. The largest absolute Gasteiger partial charge is 0.277 e. The fraction of sp³-hybridized carbons (Fsp3) is 0. The first kappa shape index (κ1) is 19.4. The molecule has 0 aliphatic heterocycles. The molecule has 0 atom stereocenters. The first-order chi connectivity index (χ1) is 17.8. The summed E-state index contributed by atoms with van der Waals surface area (Å²) in [5, 5.41) is 7.42. The molecule has 4 heteroatoms. The summed E-state index contributed by atoms with van der Waals surface area (Å²) < 4.78 is 3.95. The Morgan fingerprint density at radius 2 is 0.944 bits per heavy atom. The molecule has 0 aliphatic rings. The number of para-hydroxylation sites is 3. The second kappa shape index (κ2) is 7.03. The lowest BCUT2D eigenvalue weighted by atomic mass is 10.0. The first-order valence-corrected chi connectivity index (χ1v) is 12.0. The molecule has 4 nitrogen and oxygen atoms in total. The summed E-state index contributed by atoms with van der Waals surface area (Å²) >= 11 is 0. The molecule has 0 spiro atoms. The molecule has 0 N–H and O–H groups in total. The highest BCUT2D eigenvalue weighted by atomic mass is 16.1. The zero-order valence-corrected chi connectivity index (χ0v) is 19.2. The number of fused-ring (bicyclic) bond motifs is 11.